The van der Waals surface area contributed by atoms with Crippen molar-refractivity contribution in [2.75, 3.05) is 24.5 Å². The number of nitrogens with one attached hydrogen (secondary N) is 1. The fourth-order valence-corrected chi connectivity index (χ4v) is 3.70. The SMILES string of the molecule is CC(C)(C)OC(=O)C1CNCCN1c1cncc2c1CCC(C(=O)O)C2. The Morgan fingerprint density at radius 3 is 2.81 bits per heavy atom. The van der Waals surface area contributed by atoms with Crippen molar-refractivity contribution < 1.29 is 19.4 Å². The van der Waals surface area contributed by atoms with Crippen LogP contribution >= 0.6 is 0 Å². The largest absolute Gasteiger partial charge is 0.481 e. The summed E-state index contributed by atoms with van der Waals surface area (Å²) < 4.78 is 5.60. The zero-order valence-corrected chi connectivity index (χ0v) is 15.6. The van der Waals surface area contributed by atoms with Crippen LogP contribution in [0.4, 0.5) is 5.69 Å². The van der Waals surface area contributed by atoms with E-state index >= 15 is 0 Å². The van der Waals surface area contributed by atoms with Gasteiger partial charge in [0.25, 0.3) is 0 Å². The molecule has 0 amide bonds. The molecule has 1 aromatic rings. The molecule has 1 aliphatic carbocycles. The van der Waals surface area contributed by atoms with Gasteiger partial charge < -0.3 is 20.1 Å². The summed E-state index contributed by atoms with van der Waals surface area (Å²) in [5.41, 5.74) is 2.49. The number of pyridine rings is 1. The molecule has 0 bridgehead atoms. The Morgan fingerprint density at radius 2 is 2.12 bits per heavy atom. The summed E-state index contributed by atoms with van der Waals surface area (Å²) in [4.78, 5) is 30.4. The zero-order chi connectivity index (χ0) is 18.9. The molecule has 2 unspecified atom stereocenters. The van der Waals surface area contributed by atoms with Gasteiger partial charge in [-0.05, 0) is 51.2 Å². The maximum atomic E-state index is 12.7. The third-order valence-corrected chi connectivity index (χ3v) is 4.91. The summed E-state index contributed by atoms with van der Waals surface area (Å²) >= 11 is 0. The van der Waals surface area contributed by atoms with Crippen molar-refractivity contribution >= 4 is 17.6 Å². The number of fused-ring (bicyclic) bond motifs is 1. The van der Waals surface area contributed by atoms with E-state index in [1.807, 2.05) is 20.8 Å². The quantitative estimate of drug-likeness (QED) is 0.786. The van der Waals surface area contributed by atoms with E-state index in [0.29, 0.717) is 32.4 Å². The fourth-order valence-electron chi connectivity index (χ4n) is 3.70. The highest BCUT2D eigenvalue weighted by Gasteiger charge is 2.35. The van der Waals surface area contributed by atoms with Crippen LogP contribution in [0.5, 0.6) is 0 Å². The lowest BCUT2D eigenvalue weighted by Gasteiger charge is -2.39. The minimum Gasteiger partial charge on any atom is -0.481 e. The van der Waals surface area contributed by atoms with E-state index in [4.69, 9.17) is 4.74 Å². The molecule has 26 heavy (non-hydrogen) atoms. The summed E-state index contributed by atoms with van der Waals surface area (Å²) in [6.07, 6.45) is 5.35. The van der Waals surface area contributed by atoms with Gasteiger partial charge in [-0.3, -0.25) is 9.78 Å². The van der Waals surface area contributed by atoms with Crippen molar-refractivity contribution in [3.05, 3.63) is 23.5 Å². The van der Waals surface area contributed by atoms with Crippen LogP contribution in [0.1, 0.15) is 38.3 Å². The van der Waals surface area contributed by atoms with Gasteiger partial charge in [-0.25, -0.2) is 4.79 Å². The van der Waals surface area contributed by atoms with Crippen molar-refractivity contribution in [1.82, 2.24) is 10.3 Å². The van der Waals surface area contributed by atoms with E-state index in [9.17, 15) is 14.7 Å². The molecule has 2 aliphatic rings. The third kappa shape index (κ3) is 3.98. The van der Waals surface area contributed by atoms with Gasteiger partial charge in [0.15, 0.2) is 0 Å². The number of anilines is 1. The van der Waals surface area contributed by atoms with E-state index in [0.717, 1.165) is 23.4 Å². The summed E-state index contributed by atoms with van der Waals surface area (Å²) in [6.45, 7) is 7.58. The number of aromatic nitrogens is 1. The molecule has 142 valence electrons. The molecule has 2 atom stereocenters. The topological polar surface area (TPSA) is 91.8 Å². The Bertz CT molecular complexity index is 699. The van der Waals surface area contributed by atoms with Crippen LogP contribution < -0.4 is 10.2 Å². The number of carbonyl (C=O) groups is 2. The average Bonchev–Trinajstić information content (AvgIpc) is 2.59. The molecular formula is C19H27N3O4. The van der Waals surface area contributed by atoms with Crippen molar-refractivity contribution in [3.63, 3.8) is 0 Å². The molecule has 1 saturated heterocycles. The molecule has 7 nitrogen and oxygen atoms in total. The number of carboxylic acid groups (broad SMARTS) is 1. The molecule has 0 aromatic carbocycles. The van der Waals surface area contributed by atoms with E-state index in [1.165, 1.54) is 0 Å². The maximum absolute atomic E-state index is 12.7. The molecule has 1 fully saturated rings. The second-order valence-electron chi connectivity index (χ2n) is 8.02. The summed E-state index contributed by atoms with van der Waals surface area (Å²) in [7, 11) is 0. The number of hydrogen-bond acceptors (Lipinski definition) is 6. The molecule has 2 heterocycles. The van der Waals surface area contributed by atoms with Gasteiger partial charge in [0.1, 0.15) is 11.6 Å². The van der Waals surface area contributed by atoms with Gasteiger partial charge in [-0.1, -0.05) is 0 Å². The van der Waals surface area contributed by atoms with Gasteiger partial charge in [0.2, 0.25) is 0 Å². The normalized spacial score (nSPS) is 23.3. The van der Waals surface area contributed by atoms with E-state index in [2.05, 4.69) is 15.2 Å². The number of carbonyl (C=O) groups excluding carboxylic acids is 1. The monoisotopic (exact) mass is 361 g/mol. The lowest BCUT2D eigenvalue weighted by molar-refractivity contribution is -0.156. The summed E-state index contributed by atoms with van der Waals surface area (Å²) in [6, 6.07) is -0.409. The van der Waals surface area contributed by atoms with Crippen LogP contribution in [0.15, 0.2) is 12.4 Å². The predicted octanol–water partition coefficient (Wildman–Crippen LogP) is 1.39. The van der Waals surface area contributed by atoms with Crippen LogP contribution in [0.25, 0.3) is 0 Å². The first kappa shape index (κ1) is 18.6. The van der Waals surface area contributed by atoms with Crippen molar-refractivity contribution in [3.8, 4) is 0 Å². The third-order valence-electron chi connectivity index (χ3n) is 4.91. The maximum Gasteiger partial charge on any atom is 0.330 e. The molecule has 7 heteroatoms. The molecule has 0 spiro atoms. The highest BCUT2D eigenvalue weighted by atomic mass is 16.6. The number of nitrogens with zero attached hydrogens (tertiary/aromatic N) is 2. The Labute approximate surface area is 153 Å². The van der Waals surface area contributed by atoms with E-state index in [-0.39, 0.29) is 11.9 Å². The lowest BCUT2D eigenvalue weighted by Crippen LogP contribution is -2.56. The number of esters is 1. The zero-order valence-electron chi connectivity index (χ0n) is 15.6. The second kappa shape index (κ2) is 7.23. The van der Waals surface area contributed by atoms with Crippen LogP contribution in [0.3, 0.4) is 0 Å². The van der Waals surface area contributed by atoms with Crippen molar-refractivity contribution in [2.45, 2.75) is 51.7 Å². The molecular weight excluding hydrogens is 334 g/mol. The molecule has 2 N–H and O–H groups in total. The summed E-state index contributed by atoms with van der Waals surface area (Å²) in [5, 5.41) is 12.6. The Hall–Kier alpha value is -2.15. The number of carboxylic acids is 1. The minimum atomic E-state index is -0.755. The van der Waals surface area contributed by atoms with Gasteiger partial charge in [0, 0.05) is 25.8 Å². The second-order valence-corrected chi connectivity index (χ2v) is 8.02. The Balaban J connectivity index is 1.88. The fraction of sp³-hybridized carbons (Fsp3) is 0.632. The highest BCUT2D eigenvalue weighted by Crippen LogP contribution is 2.33. The van der Waals surface area contributed by atoms with Crippen LogP contribution in [0.2, 0.25) is 0 Å². The van der Waals surface area contributed by atoms with Gasteiger partial charge in [-0.15, -0.1) is 0 Å². The molecule has 3 rings (SSSR count). The number of piperazine rings is 1. The van der Waals surface area contributed by atoms with Crippen molar-refractivity contribution in [2.24, 2.45) is 5.92 Å². The first-order valence-electron chi connectivity index (χ1n) is 9.15. The Morgan fingerprint density at radius 1 is 1.35 bits per heavy atom. The smallest absolute Gasteiger partial charge is 0.330 e. The van der Waals surface area contributed by atoms with Crippen LogP contribution in [-0.4, -0.2) is 53.3 Å². The van der Waals surface area contributed by atoms with E-state index in [1.54, 1.807) is 12.4 Å². The number of rotatable bonds is 3. The summed E-state index contributed by atoms with van der Waals surface area (Å²) in [5.74, 6) is -1.36. The first-order valence-corrected chi connectivity index (χ1v) is 9.15. The van der Waals surface area contributed by atoms with Crippen molar-refractivity contribution in [1.29, 1.82) is 0 Å². The minimum absolute atomic E-state index is 0.249. The number of ether oxygens (including phenoxy) is 1. The van der Waals surface area contributed by atoms with Gasteiger partial charge in [-0.2, -0.15) is 0 Å². The average molecular weight is 361 g/mol. The van der Waals surface area contributed by atoms with Crippen LogP contribution in [0, 0.1) is 5.92 Å². The van der Waals surface area contributed by atoms with E-state index < -0.39 is 17.6 Å². The standard InChI is InChI=1S/C19H27N3O4/c1-19(2,3)26-18(25)16-11-20-6-7-22(16)15-10-21-9-13-8-12(17(23)24)4-5-14(13)15/h9-10,12,16,20H,4-8,11H2,1-3H3,(H,23,24). The molecule has 1 aliphatic heterocycles. The predicted molar refractivity (Wildman–Crippen MR) is 97.2 cm³/mol. The van der Waals surface area contributed by atoms with Gasteiger partial charge >= 0.3 is 11.9 Å². The Kier molecular flexibility index (Phi) is 5.18. The lowest BCUT2D eigenvalue weighted by atomic mass is 9.84. The number of hydrogen-bond donors (Lipinski definition) is 2. The van der Waals surface area contributed by atoms with Gasteiger partial charge in [0.05, 0.1) is 17.8 Å². The first-order chi connectivity index (χ1) is 12.3. The number of aliphatic carboxylic acids is 1. The highest BCUT2D eigenvalue weighted by molar-refractivity contribution is 5.82. The van der Waals surface area contributed by atoms with Crippen LogP contribution in [-0.2, 0) is 27.2 Å². The molecule has 0 radical (unpaired) electrons. The molecule has 1 aromatic heterocycles. The molecule has 0 saturated carbocycles.